The van der Waals surface area contributed by atoms with E-state index in [-0.39, 0.29) is 66.5 Å². The highest BCUT2D eigenvalue weighted by molar-refractivity contribution is 4.76. The van der Waals surface area contributed by atoms with E-state index in [1.165, 1.54) is 0 Å². The summed E-state index contributed by atoms with van der Waals surface area (Å²) in [5.41, 5.74) is 0. The number of halogens is 2. The van der Waals surface area contributed by atoms with Crippen molar-refractivity contribution in [2.45, 2.75) is 44.1 Å². The molecule has 0 aromatic heterocycles. The number of ether oxygens (including phenoxy) is 4. The predicted octanol–water partition coefficient (Wildman–Crippen LogP) is -4.94. The Labute approximate surface area is 187 Å². The summed E-state index contributed by atoms with van der Waals surface area (Å²) in [6, 6.07) is 0. The maximum atomic E-state index is 6.14. The standard InChI is InChI=1S/C17H36N2O4.2HI/c1-17(21-13-15(23-17)11-19(5,6)7)9-8-16-20-12-14(22-16)10-18(2,3)4;;/h14-16H,8-13H2,1-7H3;2*1H/q+2;;/p-2. The van der Waals surface area contributed by atoms with Crippen LogP contribution in [0.5, 0.6) is 0 Å². The van der Waals surface area contributed by atoms with E-state index in [0.29, 0.717) is 13.2 Å². The molecule has 0 spiro atoms. The van der Waals surface area contributed by atoms with Crippen LogP contribution in [0.15, 0.2) is 0 Å². The molecule has 0 aromatic carbocycles. The smallest absolute Gasteiger partial charge is 0.166 e. The highest BCUT2D eigenvalue weighted by Crippen LogP contribution is 2.31. The first-order valence-electron chi connectivity index (χ1n) is 8.64. The minimum absolute atomic E-state index is 0. The van der Waals surface area contributed by atoms with Gasteiger partial charge in [0.1, 0.15) is 25.3 Å². The lowest BCUT2D eigenvalue weighted by molar-refractivity contribution is -0.873. The molecule has 2 aliphatic heterocycles. The highest BCUT2D eigenvalue weighted by atomic mass is 127. The van der Waals surface area contributed by atoms with Crippen LogP contribution in [0.25, 0.3) is 0 Å². The molecule has 0 aromatic rings. The van der Waals surface area contributed by atoms with Gasteiger partial charge in [-0.15, -0.1) is 0 Å². The molecule has 25 heavy (non-hydrogen) atoms. The van der Waals surface area contributed by atoms with Gasteiger partial charge >= 0.3 is 0 Å². The van der Waals surface area contributed by atoms with Gasteiger partial charge in [0.05, 0.1) is 55.5 Å². The predicted molar refractivity (Wildman–Crippen MR) is 88.9 cm³/mol. The van der Waals surface area contributed by atoms with Gasteiger partial charge in [-0.2, -0.15) is 0 Å². The molecular formula is C17H36I2N2O4. The molecule has 152 valence electrons. The Morgan fingerprint density at radius 1 is 0.880 bits per heavy atom. The van der Waals surface area contributed by atoms with Crippen molar-refractivity contribution in [2.75, 3.05) is 68.6 Å². The third kappa shape index (κ3) is 9.82. The quantitative estimate of drug-likeness (QED) is 0.222. The zero-order valence-corrected chi connectivity index (χ0v) is 21.1. The lowest BCUT2D eigenvalue weighted by Gasteiger charge is -2.28. The van der Waals surface area contributed by atoms with E-state index in [1.807, 2.05) is 6.92 Å². The molecule has 0 saturated carbocycles. The fourth-order valence-corrected chi connectivity index (χ4v) is 3.27. The van der Waals surface area contributed by atoms with Gasteiger partial charge < -0.3 is 75.9 Å². The van der Waals surface area contributed by atoms with Crippen LogP contribution in [-0.2, 0) is 18.9 Å². The molecule has 0 aliphatic carbocycles. The first-order chi connectivity index (χ1) is 10.4. The molecule has 8 heteroatoms. The summed E-state index contributed by atoms with van der Waals surface area (Å²) in [4.78, 5) is 0. The summed E-state index contributed by atoms with van der Waals surface area (Å²) >= 11 is 0. The van der Waals surface area contributed by atoms with Crippen LogP contribution in [0.4, 0.5) is 0 Å². The molecule has 2 fully saturated rings. The molecule has 2 saturated heterocycles. The summed E-state index contributed by atoms with van der Waals surface area (Å²) in [5.74, 6) is -0.509. The lowest BCUT2D eigenvalue weighted by Crippen LogP contribution is -3.00. The summed E-state index contributed by atoms with van der Waals surface area (Å²) in [7, 11) is 13.0. The van der Waals surface area contributed by atoms with Crippen molar-refractivity contribution in [3.8, 4) is 0 Å². The van der Waals surface area contributed by atoms with Gasteiger partial charge in [-0.25, -0.2) is 0 Å². The SMILES string of the molecule is CC1(CCC2OCC(C[N+](C)(C)C)O2)OCC(C[N+](C)(C)C)O1.[I-].[I-]. The third-order valence-corrected chi connectivity index (χ3v) is 4.14. The second-order valence-corrected chi connectivity index (χ2v) is 9.19. The fourth-order valence-electron chi connectivity index (χ4n) is 3.27. The van der Waals surface area contributed by atoms with Crippen molar-refractivity contribution >= 4 is 0 Å². The van der Waals surface area contributed by atoms with Gasteiger partial charge in [-0.1, -0.05) is 0 Å². The molecular weight excluding hydrogens is 550 g/mol. The normalized spacial score (nSPS) is 33.0. The van der Waals surface area contributed by atoms with E-state index in [4.69, 9.17) is 18.9 Å². The van der Waals surface area contributed by atoms with Crippen molar-refractivity contribution in [2.24, 2.45) is 0 Å². The molecule has 2 aliphatic rings. The van der Waals surface area contributed by atoms with Crippen molar-refractivity contribution in [1.29, 1.82) is 0 Å². The Balaban J connectivity index is 0.00000288. The number of hydrogen-bond donors (Lipinski definition) is 0. The van der Waals surface area contributed by atoms with Gasteiger partial charge in [0.15, 0.2) is 12.1 Å². The Morgan fingerprint density at radius 3 is 2.00 bits per heavy atom. The third-order valence-electron chi connectivity index (χ3n) is 4.14. The average molecular weight is 586 g/mol. The summed E-state index contributed by atoms with van der Waals surface area (Å²) in [6.45, 7) is 5.30. The van der Waals surface area contributed by atoms with Crippen molar-refractivity contribution in [3.63, 3.8) is 0 Å². The molecule has 0 amide bonds. The van der Waals surface area contributed by atoms with E-state index in [0.717, 1.165) is 34.9 Å². The Bertz CT molecular complexity index is 401. The maximum absolute atomic E-state index is 6.14. The Kier molecular flexibility index (Phi) is 10.6. The molecule has 2 rings (SSSR count). The van der Waals surface area contributed by atoms with Crippen molar-refractivity contribution < 1.29 is 75.9 Å². The average Bonchev–Trinajstić information content (AvgIpc) is 2.91. The Morgan fingerprint density at radius 2 is 1.44 bits per heavy atom. The van der Waals surface area contributed by atoms with Gasteiger partial charge in [0.2, 0.25) is 0 Å². The number of likely N-dealkylation sites (N-methyl/N-ethyl adjacent to an activating group) is 2. The van der Waals surface area contributed by atoms with Crippen LogP contribution in [-0.4, -0.2) is 102 Å². The largest absolute Gasteiger partial charge is 1.00 e. The van der Waals surface area contributed by atoms with E-state index < -0.39 is 5.79 Å². The van der Waals surface area contributed by atoms with Crippen LogP contribution < -0.4 is 48.0 Å². The molecule has 4 atom stereocenters. The van der Waals surface area contributed by atoms with E-state index in [9.17, 15) is 0 Å². The highest BCUT2D eigenvalue weighted by Gasteiger charge is 2.40. The molecule has 0 bridgehead atoms. The molecule has 0 N–H and O–H groups in total. The minimum atomic E-state index is -0.509. The van der Waals surface area contributed by atoms with Gasteiger partial charge in [-0.3, -0.25) is 0 Å². The second kappa shape index (κ2) is 10.1. The number of rotatable bonds is 7. The first-order valence-corrected chi connectivity index (χ1v) is 8.64. The van der Waals surface area contributed by atoms with E-state index >= 15 is 0 Å². The van der Waals surface area contributed by atoms with Gasteiger partial charge in [0.25, 0.3) is 0 Å². The molecule has 4 unspecified atom stereocenters. The van der Waals surface area contributed by atoms with E-state index in [1.54, 1.807) is 0 Å². The van der Waals surface area contributed by atoms with Crippen LogP contribution in [0.3, 0.4) is 0 Å². The molecule has 0 radical (unpaired) electrons. The monoisotopic (exact) mass is 586 g/mol. The summed E-state index contributed by atoms with van der Waals surface area (Å²) < 4.78 is 25.6. The topological polar surface area (TPSA) is 36.9 Å². The Hall–Kier alpha value is 1.22. The summed E-state index contributed by atoms with van der Waals surface area (Å²) in [6.07, 6.45) is 1.82. The first kappa shape index (κ1) is 26.2. The maximum Gasteiger partial charge on any atom is 0.166 e. The zero-order valence-electron chi connectivity index (χ0n) is 16.8. The van der Waals surface area contributed by atoms with Crippen molar-refractivity contribution in [3.05, 3.63) is 0 Å². The minimum Gasteiger partial charge on any atom is -1.00 e. The lowest BCUT2D eigenvalue weighted by atomic mass is 10.1. The molecule has 2 heterocycles. The summed E-state index contributed by atoms with van der Waals surface area (Å²) in [5, 5.41) is 0. The molecule has 6 nitrogen and oxygen atoms in total. The number of quaternary nitrogens is 2. The van der Waals surface area contributed by atoms with E-state index in [2.05, 4.69) is 42.3 Å². The van der Waals surface area contributed by atoms with Gasteiger partial charge in [-0.05, 0) is 6.92 Å². The fraction of sp³-hybridized carbons (Fsp3) is 1.00. The second-order valence-electron chi connectivity index (χ2n) is 9.19. The number of nitrogens with zero attached hydrogens (tertiary/aromatic N) is 2. The van der Waals surface area contributed by atoms with Crippen LogP contribution >= 0.6 is 0 Å². The van der Waals surface area contributed by atoms with Crippen molar-refractivity contribution in [1.82, 2.24) is 0 Å². The van der Waals surface area contributed by atoms with Crippen LogP contribution in [0.2, 0.25) is 0 Å². The van der Waals surface area contributed by atoms with Gasteiger partial charge in [0, 0.05) is 12.8 Å². The van der Waals surface area contributed by atoms with Crippen LogP contribution in [0.1, 0.15) is 19.8 Å². The number of hydrogen-bond acceptors (Lipinski definition) is 4. The zero-order chi connectivity index (χ0) is 17.3. The van der Waals surface area contributed by atoms with Crippen LogP contribution in [0, 0.1) is 0 Å².